The highest BCUT2D eigenvalue weighted by atomic mass is 35.5. The van der Waals surface area contributed by atoms with E-state index in [-0.39, 0.29) is 0 Å². The standard InChI is InChI=1S/C15H16ClN3S/c1-11(8-12-4-7-20-10-12)19-14-3-6-17-9-13(14)18-15(19)2-5-16/h3-4,6-7,9-11H,2,5,8H2,1H3. The fraction of sp³-hybridized carbons (Fsp3) is 0.333. The molecule has 0 aliphatic carbocycles. The Hall–Kier alpha value is -1.39. The van der Waals surface area contributed by atoms with E-state index >= 15 is 0 Å². The Morgan fingerprint density at radius 2 is 2.30 bits per heavy atom. The molecule has 3 heterocycles. The molecule has 3 rings (SSSR count). The summed E-state index contributed by atoms with van der Waals surface area (Å²) in [5.41, 5.74) is 3.46. The second-order valence-corrected chi connectivity index (χ2v) is 6.04. The second kappa shape index (κ2) is 5.94. The SMILES string of the molecule is CC(Cc1ccsc1)n1c(CCCl)nc2cnccc21. The van der Waals surface area contributed by atoms with Gasteiger partial charge >= 0.3 is 0 Å². The topological polar surface area (TPSA) is 30.7 Å². The number of hydrogen-bond donors (Lipinski definition) is 0. The van der Waals surface area contributed by atoms with Crippen LogP contribution in [0.4, 0.5) is 0 Å². The van der Waals surface area contributed by atoms with E-state index in [4.69, 9.17) is 11.6 Å². The first-order valence-corrected chi connectivity index (χ1v) is 8.15. The Morgan fingerprint density at radius 3 is 3.05 bits per heavy atom. The lowest BCUT2D eigenvalue weighted by Crippen LogP contribution is -2.12. The van der Waals surface area contributed by atoms with Crippen LogP contribution in [0.3, 0.4) is 0 Å². The number of fused-ring (bicyclic) bond motifs is 1. The Kier molecular flexibility index (Phi) is 4.03. The van der Waals surface area contributed by atoms with Crippen molar-refractivity contribution in [1.82, 2.24) is 14.5 Å². The molecule has 0 fully saturated rings. The van der Waals surface area contributed by atoms with Gasteiger partial charge in [0.25, 0.3) is 0 Å². The molecule has 0 aromatic carbocycles. The van der Waals surface area contributed by atoms with Crippen LogP contribution in [0.1, 0.15) is 24.4 Å². The van der Waals surface area contributed by atoms with Crippen molar-refractivity contribution in [3.05, 3.63) is 46.7 Å². The largest absolute Gasteiger partial charge is 0.325 e. The van der Waals surface area contributed by atoms with Crippen LogP contribution in [0.25, 0.3) is 11.0 Å². The Balaban J connectivity index is 2.01. The van der Waals surface area contributed by atoms with Crippen molar-refractivity contribution in [2.45, 2.75) is 25.8 Å². The zero-order valence-corrected chi connectivity index (χ0v) is 12.9. The van der Waals surface area contributed by atoms with Gasteiger partial charge in [-0.15, -0.1) is 11.6 Å². The highest BCUT2D eigenvalue weighted by Gasteiger charge is 2.16. The molecular weight excluding hydrogens is 290 g/mol. The zero-order valence-electron chi connectivity index (χ0n) is 11.3. The maximum atomic E-state index is 5.92. The van der Waals surface area contributed by atoms with Crippen LogP contribution in [0.15, 0.2) is 35.3 Å². The van der Waals surface area contributed by atoms with Gasteiger partial charge in [-0.2, -0.15) is 11.3 Å². The number of alkyl halides is 1. The van der Waals surface area contributed by atoms with Crippen molar-refractivity contribution in [1.29, 1.82) is 0 Å². The number of imidazole rings is 1. The van der Waals surface area contributed by atoms with Crippen molar-refractivity contribution in [2.24, 2.45) is 0 Å². The Labute approximate surface area is 127 Å². The van der Waals surface area contributed by atoms with E-state index in [9.17, 15) is 0 Å². The van der Waals surface area contributed by atoms with Crippen molar-refractivity contribution < 1.29 is 0 Å². The first kappa shape index (κ1) is 13.6. The molecule has 3 aromatic heterocycles. The van der Waals surface area contributed by atoms with Gasteiger partial charge in [-0.05, 0) is 41.8 Å². The third-order valence-electron chi connectivity index (χ3n) is 3.43. The second-order valence-electron chi connectivity index (χ2n) is 4.89. The summed E-state index contributed by atoms with van der Waals surface area (Å²) in [6, 6.07) is 4.57. The number of aromatic nitrogens is 3. The summed E-state index contributed by atoms with van der Waals surface area (Å²) in [4.78, 5) is 8.83. The molecule has 3 aromatic rings. The van der Waals surface area contributed by atoms with Crippen LogP contribution < -0.4 is 0 Å². The summed E-state index contributed by atoms with van der Waals surface area (Å²) >= 11 is 7.66. The summed E-state index contributed by atoms with van der Waals surface area (Å²) in [5, 5.41) is 4.33. The molecule has 0 saturated heterocycles. The van der Waals surface area contributed by atoms with Gasteiger partial charge < -0.3 is 4.57 Å². The van der Waals surface area contributed by atoms with Gasteiger partial charge in [0.15, 0.2) is 0 Å². The van der Waals surface area contributed by atoms with Crippen LogP contribution >= 0.6 is 22.9 Å². The van der Waals surface area contributed by atoms with Gasteiger partial charge in [-0.25, -0.2) is 4.98 Å². The van der Waals surface area contributed by atoms with E-state index in [0.29, 0.717) is 11.9 Å². The van der Waals surface area contributed by atoms with Crippen molar-refractivity contribution >= 4 is 34.0 Å². The lowest BCUT2D eigenvalue weighted by molar-refractivity contribution is 0.538. The number of halogens is 1. The molecule has 1 atom stereocenters. The lowest BCUT2D eigenvalue weighted by Gasteiger charge is -2.17. The fourth-order valence-electron chi connectivity index (χ4n) is 2.59. The Morgan fingerprint density at radius 1 is 1.40 bits per heavy atom. The van der Waals surface area contributed by atoms with E-state index in [2.05, 4.69) is 38.3 Å². The minimum Gasteiger partial charge on any atom is -0.325 e. The lowest BCUT2D eigenvalue weighted by atomic mass is 10.1. The van der Waals surface area contributed by atoms with Gasteiger partial charge in [0.05, 0.1) is 11.7 Å². The van der Waals surface area contributed by atoms with Crippen LogP contribution in [0, 0.1) is 0 Å². The molecule has 0 radical (unpaired) electrons. The predicted molar refractivity (Wildman–Crippen MR) is 84.7 cm³/mol. The summed E-state index contributed by atoms with van der Waals surface area (Å²) < 4.78 is 2.30. The third kappa shape index (κ3) is 2.58. The number of nitrogens with zero attached hydrogens (tertiary/aromatic N) is 3. The number of rotatable bonds is 5. The highest BCUT2D eigenvalue weighted by molar-refractivity contribution is 7.07. The summed E-state index contributed by atoms with van der Waals surface area (Å²) in [7, 11) is 0. The first-order valence-electron chi connectivity index (χ1n) is 6.67. The van der Waals surface area contributed by atoms with Gasteiger partial charge in [0, 0.05) is 24.5 Å². The van der Waals surface area contributed by atoms with Crippen LogP contribution in [0.5, 0.6) is 0 Å². The smallest absolute Gasteiger partial charge is 0.111 e. The summed E-state index contributed by atoms with van der Waals surface area (Å²) in [6.07, 6.45) is 5.43. The molecule has 104 valence electrons. The maximum absolute atomic E-state index is 5.92. The molecule has 0 N–H and O–H groups in total. The zero-order chi connectivity index (χ0) is 13.9. The van der Waals surface area contributed by atoms with Crippen LogP contribution in [-0.2, 0) is 12.8 Å². The molecule has 3 nitrogen and oxygen atoms in total. The average Bonchev–Trinajstić information content (AvgIpc) is 3.05. The van der Waals surface area contributed by atoms with Gasteiger partial charge in [0.2, 0.25) is 0 Å². The minimum absolute atomic E-state index is 0.357. The normalized spacial score (nSPS) is 12.9. The Bertz CT molecular complexity index is 690. The molecule has 0 aliphatic heterocycles. The molecule has 0 bridgehead atoms. The van der Waals surface area contributed by atoms with E-state index in [1.807, 2.05) is 18.5 Å². The minimum atomic E-state index is 0.357. The number of hydrogen-bond acceptors (Lipinski definition) is 3. The van der Waals surface area contributed by atoms with Crippen molar-refractivity contribution in [3.8, 4) is 0 Å². The van der Waals surface area contributed by atoms with Gasteiger partial charge in [-0.1, -0.05) is 0 Å². The molecule has 0 saturated carbocycles. The molecule has 0 aliphatic rings. The highest BCUT2D eigenvalue weighted by Crippen LogP contribution is 2.24. The first-order chi connectivity index (χ1) is 9.79. The van der Waals surface area contributed by atoms with E-state index in [1.165, 1.54) is 5.56 Å². The molecule has 0 spiro atoms. The molecule has 20 heavy (non-hydrogen) atoms. The van der Waals surface area contributed by atoms with E-state index < -0.39 is 0 Å². The molecular formula is C15H16ClN3S. The fourth-order valence-corrected chi connectivity index (χ4v) is 3.45. The quantitative estimate of drug-likeness (QED) is 0.665. The average molecular weight is 306 g/mol. The monoisotopic (exact) mass is 305 g/mol. The number of pyridine rings is 1. The summed E-state index contributed by atoms with van der Waals surface area (Å²) in [6.45, 7) is 2.23. The number of aryl methyl sites for hydroxylation is 1. The van der Waals surface area contributed by atoms with Crippen LogP contribution in [-0.4, -0.2) is 20.4 Å². The third-order valence-corrected chi connectivity index (χ3v) is 4.36. The molecule has 1 unspecified atom stereocenters. The van der Waals surface area contributed by atoms with Crippen LogP contribution in [0.2, 0.25) is 0 Å². The van der Waals surface area contributed by atoms with Crippen molar-refractivity contribution in [3.63, 3.8) is 0 Å². The van der Waals surface area contributed by atoms with Crippen molar-refractivity contribution in [2.75, 3.05) is 5.88 Å². The van der Waals surface area contributed by atoms with E-state index in [1.54, 1.807) is 11.3 Å². The van der Waals surface area contributed by atoms with Gasteiger partial charge in [-0.3, -0.25) is 4.98 Å². The number of thiophene rings is 1. The summed E-state index contributed by atoms with van der Waals surface area (Å²) in [5.74, 6) is 1.63. The predicted octanol–water partition coefficient (Wildman–Crippen LogP) is 4.08. The maximum Gasteiger partial charge on any atom is 0.111 e. The molecule has 0 amide bonds. The van der Waals surface area contributed by atoms with E-state index in [0.717, 1.165) is 29.7 Å². The molecule has 5 heteroatoms. The van der Waals surface area contributed by atoms with Gasteiger partial charge in [0.1, 0.15) is 11.3 Å².